The van der Waals surface area contributed by atoms with Crippen LogP contribution in [-0.2, 0) is 16.1 Å². The Kier molecular flexibility index (Phi) is 7.09. The Hall–Kier alpha value is -1.86. The van der Waals surface area contributed by atoms with Crippen molar-refractivity contribution in [1.29, 1.82) is 0 Å². The van der Waals surface area contributed by atoms with Gasteiger partial charge >= 0.3 is 0 Å². The van der Waals surface area contributed by atoms with Crippen molar-refractivity contribution in [1.82, 2.24) is 20.1 Å². The van der Waals surface area contributed by atoms with Crippen molar-refractivity contribution in [2.24, 2.45) is 0 Å². The molecule has 0 aliphatic heterocycles. The van der Waals surface area contributed by atoms with Gasteiger partial charge in [0.05, 0.1) is 5.75 Å². The zero-order valence-corrected chi connectivity index (χ0v) is 14.3. The molecule has 0 saturated heterocycles. The van der Waals surface area contributed by atoms with Crippen LogP contribution in [-0.4, -0.2) is 46.7 Å². The number of hydrogen-bond acceptors (Lipinski definition) is 5. The lowest BCUT2D eigenvalue weighted by Gasteiger charge is -2.07. The Balaban J connectivity index is 1.93. The van der Waals surface area contributed by atoms with E-state index in [1.807, 2.05) is 41.8 Å². The summed E-state index contributed by atoms with van der Waals surface area (Å²) in [6.45, 7) is 4.08. The highest BCUT2D eigenvalue weighted by atomic mass is 32.2. The first-order valence-corrected chi connectivity index (χ1v) is 8.61. The summed E-state index contributed by atoms with van der Waals surface area (Å²) in [6, 6.07) is 9.94. The van der Waals surface area contributed by atoms with Crippen molar-refractivity contribution < 1.29 is 9.53 Å². The number of benzene rings is 1. The molecule has 0 aliphatic rings. The van der Waals surface area contributed by atoms with Crippen LogP contribution in [0.5, 0.6) is 0 Å². The van der Waals surface area contributed by atoms with Gasteiger partial charge in [0.25, 0.3) is 0 Å². The number of carbonyl (C=O) groups is 1. The molecule has 1 amide bonds. The Morgan fingerprint density at radius 1 is 1.30 bits per heavy atom. The number of methoxy groups -OCH3 is 1. The second-order valence-corrected chi connectivity index (χ2v) is 5.84. The van der Waals surface area contributed by atoms with Gasteiger partial charge in [0.15, 0.2) is 11.0 Å². The summed E-state index contributed by atoms with van der Waals surface area (Å²) < 4.78 is 6.98. The Bertz CT molecular complexity index is 616. The number of aromatic nitrogens is 3. The van der Waals surface area contributed by atoms with E-state index in [-0.39, 0.29) is 5.91 Å². The smallest absolute Gasteiger partial charge is 0.230 e. The first-order valence-electron chi connectivity index (χ1n) is 7.63. The number of carbonyl (C=O) groups excluding carboxylic acids is 1. The quantitative estimate of drug-likeness (QED) is 0.562. The van der Waals surface area contributed by atoms with E-state index in [0.29, 0.717) is 18.9 Å². The fourth-order valence-electron chi connectivity index (χ4n) is 2.11. The number of hydrogen-bond donors (Lipinski definition) is 1. The minimum atomic E-state index is -0.00184. The molecule has 124 valence electrons. The molecule has 23 heavy (non-hydrogen) atoms. The van der Waals surface area contributed by atoms with E-state index in [0.717, 1.165) is 29.5 Å². The van der Waals surface area contributed by atoms with Crippen LogP contribution in [0, 0.1) is 0 Å². The first kappa shape index (κ1) is 17.5. The fraction of sp³-hybridized carbons (Fsp3) is 0.438. The van der Waals surface area contributed by atoms with E-state index in [1.54, 1.807) is 7.11 Å². The summed E-state index contributed by atoms with van der Waals surface area (Å²) in [5.41, 5.74) is 1.03. The minimum Gasteiger partial charge on any atom is -0.385 e. The second kappa shape index (κ2) is 9.32. The molecule has 6 nitrogen and oxygen atoms in total. The first-order chi connectivity index (χ1) is 11.3. The van der Waals surface area contributed by atoms with E-state index < -0.39 is 0 Å². The van der Waals surface area contributed by atoms with Gasteiger partial charge in [-0.15, -0.1) is 10.2 Å². The summed E-state index contributed by atoms with van der Waals surface area (Å²) in [7, 11) is 1.65. The lowest BCUT2D eigenvalue weighted by molar-refractivity contribution is -0.118. The Labute approximate surface area is 140 Å². The van der Waals surface area contributed by atoms with E-state index in [2.05, 4.69) is 15.5 Å². The number of nitrogens with zero attached hydrogens (tertiary/aromatic N) is 3. The largest absolute Gasteiger partial charge is 0.385 e. The number of rotatable bonds is 9. The predicted molar refractivity (Wildman–Crippen MR) is 91.4 cm³/mol. The fourth-order valence-corrected chi connectivity index (χ4v) is 2.94. The number of nitrogens with one attached hydrogen (secondary N) is 1. The van der Waals surface area contributed by atoms with Crippen molar-refractivity contribution >= 4 is 17.7 Å². The van der Waals surface area contributed by atoms with Crippen LogP contribution in [0.1, 0.15) is 13.3 Å². The van der Waals surface area contributed by atoms with Crippen molar-refractivity contribution in [3.8, 4) is 11.4 Å². The van der Waals surface area contributed by atoms with Crippen LogP contribution in [0.15, 0.2) is 35.5 Å². The molecular weight excluding hydrogens is 312 g/mol. The normalized spacial score (nSPS) is 10.7. The molecule has 1 N–H and O–H groups in total. The van der Waals surface area contributed by atoms with Crippen LogP contribution in [0.25, 0.3) is 11.4 Å². The molecule has 0 aliphatic carbocycles. The molecule has 0 bridgehead atoms. The van der Waals surface area contributed by atoms with Gasteiger partial charge < -0.3 is 14.6 Å². The van der Waals surface area contributed by atoms with Crippen LogP contribution in [0.3, 0.4) is 0 Å². The summed E-state index contributed by atoms with van der Waals surface area (Å²) >= 11 is 1.41. The van der Waals surface area contributed by atoms with Gasteiger partial charge in [0.2, 0.25) is 5.91 Å². The molecular formula is C16H22N4O2S. The van der Waals surface area contributed by atoms with E-state index in [1.165, 1.54) is 11.8 Å². The highest BCUT2D eigenvalue weighted by molar-refractivity contribution is 7.99. The lowest BCUT2D eigenvalue weighted by Crippen LogP contribution is -2.27. The summed E-state index contributed by atoms with van der Waals surface area (Å²) in [6.07, 6.45) is 0.816. The SMILES string of the molecule is CCn1c(SCC(=O)NCCCOC)nnc1-c1ccccc1. The van der Waals surface area contributed by atoms with Gasteiger partial charge in [0.1, 0.15) is 0 Å². The Morgan fingerprint density at radius 2 is 2.09 bits per heavy atom. The van der Waals surface area contributed by atoms with Crippen molar-refractivity contribution in [3.05, 3.63) is 30.3 Å². The van der Waals surface area contributed by atoms with Gasteiger partial charge in [-0.05, 0) is 13.3 Å². The monoisotopic (exact) mass is 334 g/mol. The zero-order chi connectivity index (χ0) is 16.5. The molecule has 0 radical (unpaired) electrons. The number of amides is 1. The molecule has 1 aromatic heterocycles. The third-order valence-electron chi connectivity index (χ3n) is 3.24. The van der Waals surface area contributed by atoms with Crippen LogP contribution < -0.4 is 5.32 Å². The van der Waals surface area contributed by atoms with Crippen LogP contribution in [0.2, 0.25) is 0 Å². The molecule has 0 spiro atoms. The van der Waals surface area contributed by atoms with Gasteiger partial charge in [-0.3, -0.25) is 4.79 Å². The molecule has 0 saturated carbocycles. The van der Waals surface area contributed by atoms with Gasteiger partial charge in [-0.25, -0.2) is 0 Å². The maximum atomic E-state index is 11.8. The lowest BCUT2D eigenvalue weighted by atomic mass is 10.2. The molecule has 2 aromatic rings. The average molecular weight is 334 g/mol. The molecule has 0 unspecified atom stereocenters. The van der Waals surface area contributed by atoms with Crippen molar-refractivity contribution in [3.63, 3.8) is 0 Å². The third-order valence-corrected chi connectivity index (χ3v) is 4.21. The molecule has 2 rings (SSSR count). The highest BCUT2D eigenvalue weighted by Crippen LogP contribution is 2.23. The van der Waals surface area contributed by atoms with Crippen molar-refractivity contribution in [2.75, 3.05) is 26.0 Å². The van der Waals surface area contributed by atoms with E-state index in [4.69, 9.17) is 4.74 Å². The van der Waals surface area contributed by atoms with Gasteiger partial charge in [-0.1, -0.05) is 42.1 Å². The topological polar surface area (TPSA) is 69.0 Å². The minimum absolute atomic E-state index is 0.00184. The third kappa shape index (κ3) is 5.07. The maximum Gasteiger partial charge on any atom is 0.230 e. The zero-order valence-electron chi connectivity index (χ0n) is 13.5. The molecule has 7 heteroatoms. The molecule has 0 atom stereocenters. The van der Waals surface area contributed by atoms with E-state index >= 15 is 0 Å². The van der Waals surface area contributed by atoms with Crippen LogP contribution in [0.4, 0.5) is 0 Å². The maximum absolute atomic E-state index is 11.8. The highest BCUT2D eigenvalue weighted by Gasteiger charge is 2.14. The summed E-state index contributed by atoms with van der Waals surface area (Å²) in [5.74, 6) is 1.16. The Morgan fingerprint density at radius 3 is 2.78 bits per heavy atom. The van der Waals surface area contributed by atoms with Crippen molar-refractivity contribution in [2.45, 2.75) is 25.0 Å². The predicted octanol–water partition coefficient (Wildman–Crippen LogP) is 2.21. The standard InChI is InChI=1S/C16H22N4O2S/c1-3-20-15(13-8-5-4-6-9-13)18-19-16(20)23-12-14(21)17-10-7-11-22-2/h4-6,8-9H,3,7,10-12H2,1-2H3,(H,17,21). The van der Waals surface area contributed by atoms with E-state index in [9.17, 15) is 4.79 Å². The van der Waals surface area contributed by atoms with Crippen LogP contribution >= 0.6 is 11.8 Å². The van der Waals surface area contributed by atoms with Gasteiger partial charge in [-0.2, -0.15) is 0 Å². The molecule has 1 heterocycles. The van der Waals surface area contributed by atoms with Gasteiger partial charge in [0, 0.05) is 32.4 Å². The average Bonchev–Trinajstić information content (AvgIpc) is 3.00. The second-order valence-electron chi connectivity index (χ2n) is 4.90. The summed E-state index contributed by atoms with van der Waals surface area (Å²) in [4.78, 5) is 11.8. The number of ether oxygens (including phenoxy) is 1. The molecule has 1 aromatic carbocycles. The molecule has 0 fully saturated rings. The number of thioether (sulfide) groups is 1. The summed E-state index contributed by atoms with van der Waals surface area (Å²) in [5, 5.41) is 12.1.